The molecule has 2 fully saturated rings. The number of fused-ring (bicyclic) bond motifs is 1. The highest BCUT2D eigenvalue weighted by molar-refractivity contribution is 5.95. The van der Waals surface area contributed by atoms with E-state index in [4.69, 9.17) is 14.2 Å². The monoisotopic (exact) mass is 323 g/mol. The lowest BCUT2D eigenvalue weighted by Gasteiger charge is -2.39. The molecule has 1 saturated heterocycles. The minimum atomic E-state index is -0.471. The summed E-state index contributed by atoms with van der Waals surface area (Å²) in [5, 5.41) is 0. The van der Waals surface area contributed by atoms with E-state index in [1.165, 1.54) is 25.3 Å². The largest absolute Gasteiger partial charge is 0.494 e. The molecule has 0 aromatic heterocycles. The number of benzene rings is 1. The molecule has 0 spiro atoms. The quantitative estimate of drug-likeness (QED) is 0.853. The molecule has 3 atom stereocenters. The van der Waals surface area contributed by atoms with Crippen molar-refractivity contribution in [2.24, 2.45) is 0 Å². The molecule has 1 aliphatic carbocycles. The minimum absolute atomic E-state index is 0.0175. The summed E-state index contributed by atoms with van der Waals surface area (Å²) in [7, 11) is 1.39. The Morgan fingerprint density at radius 1 is 1.43 bits per heavy atom. The molecule has 0 radical (unpaired) electrons. The van der Waals surface area contributed by atoms with Crippen molar-refractivity contribution in [2.75, 3.05) is 26.9 Å². The summed E-state index contributed by atoms with van der Waals surface area (Å²) < 4.78 is 30.1. The lowest BCUT2D eigenvalue weighted by molar-refractivity contribution is -0.102. The molecular weight excluding hydrogens is 301 g/mol. The number of hydrogen-bond acceptors (Lipinski definition) is 4. The molecule has 1 aliphatic heterocycles. The third kappa shape index (κ3) is 3.05. The average molecular weight is 323 g/mol. The predicted molar refractivity (Wildman–Crippen MR) is 82.2 cm³/mol. The van der Waals surface area contributed by atoms with Crippen molar-refractivity contribution in [3.05, 3.63) is 29.6 Å². The molecular formula is C17H22FNO4. The van der Waals surface area contributed by atoms with Gasteiger partial charge < -0.3 is 19.1 Å². The van der Waals surface area contributed by atoms with Crippen LogP contribution in [0, 0.1) is 5.82 Å². The third-order valence-corrected chi connectivity index (χ3v) is 4.58. The summed E-state index contributed by atoms with van der Waals surface area (Å²) in [5.41, 5.74) is 0.434. The lowest BCUT2D eigenvalue weighted by atomic mass is 10.1. The lowest BCUT2D eigenvalue weighted by Crippen LogP contribution is -2.53. The van der Waals surface area contributed by atoms with Crippen LogP contribution in [-0.2, 0) is 9.47 Å². The molecule has 0 unspecified atom stereocenters. The molecule has 0 N–H and O–H groups in total. The number of ether oxygens (including phenoxy) is 3. The zero-order valence-electron chi connectivity index (χ0n) is 13.5. The van der Waals surface area contributed by atoms with Crippen LogP contribution in [0.4, 0.5) is 4.39 Å². The van der Waals surface area contributed by atoms with Crippen molar-refractivity contribution in [1.29, 1.82) is 0 Å². The van der Waals surface area contributed by atoms with Crippen molar-refractivity contribution >= 4 is 5.91 Å². The van der Waals surface area contributed by atoms with Crippen LogP contribution in [0.25, 0.3) is 0 Å². The fourth-order valence-electron chi connectivity index (χ4n) is 3.52. The van der Waals surface area contributed by atoms with E-state index in [0.29, 0.717) is 25.3 Å². The van der Waals surface area contributed by atoms with Crippen molar-refractivity contribution in [1.82, 2.24) is 4.90 Å². The minimum Gasteiger partial charge on any atom is -0.494 e. The molecule has 1 aromatic carbocycles. The zero-order chi connectivity index (χ0) is 16.4. The number of carbonyl (C=O) groups is 1. The van der Waals surface area contributed by atoms with Crippen LogP contribution in [0.15, 0.2) is 18.2 Å². The van der Waals surface area contributed by atoms with Gasteiger partial charge in [-0.2, -0.15) is 0 Å². The van der Waals surface area contributed by atoms with Crippen molar-refractivity contribution < 1.29 is 23.4 Å². The second-order valence-corrected chi connectivity index (χ2v) is 5.82. The SMILES string of the molecule is CCO[C@H]1CC[C@H]2[C@H]1OCCN2C(=O)c1ccc(F)c(OC)c1. The third-order valence-electron chi connectivity index (χ3n) is 4.58. The number of hydrogen-bond donors (Lipinski definition) is 0. The molecule has 2 aliphatic rings. The van der Waals surface area contributed by atoms with Crippen LogP contribution in [0.2, 0.25) is 0 Å². The van der Waals surface area contributed by atoms with Crippen LogP contribution in [0.5, 0.6) is 5.75 Å². The van der Waals surface area contributed by atoms with Crippen molar-refractivity contribution in [2.45, 2.75) is 38.0 Å². The fraction of sp³-hybridized carbons (Fsp3) is 0.588. The highest BCUT2D eigenvalue weighted by Gasteiger charge is 2.45. The van der Waals surface area contributed by atoms with Crippen LogP contribution >= 0.6 is 0 Å². The number of rotatable bonds is 4. The van der Waals surface area contributed by atoms with Gasteiger partial charge in [-0.05, 0) is 38.0 Å². The van der Waals surface area contributed by atoms with Crippen molar-refractivity contribution in [3.63, 3.8) is 0 Å². The van der Waals surface area contributed by atoms with E-state index >= 15 is 0 Å². The van der Waals surface area contributed by atoms with E-state index < -0.39 is 5.82 Å². The first-order valence-corrected chi connectivity index (χ1v) is 8.03. The molecule has 1 aromatic rings. The van der Waals surface area contributed by atoms with Gasteiger partial charge in [0.2, 0.25) is 0 Å². The summed E-state index contributed by atoms with van der Waals surface area (Å²) >= 11 is 0. The standard InChI is InChI=1S/C17H22FNO4/c1-3-22-14-7-6-13-16(14)23-9-8-19(13)17(20)11-4-5-12(18)15(10-11)21-2/h4-5,10,13-14,16H,3,6-9H2,1-2H3/t13-,14-,16+/m0/s1. The van der Waals surface area contributed by atoms with Gasteiger partial charge in [-0.25, -0.2) is 4.39 Å². The number of carbonyl (C=O) groups excluding carboxylic acids is 1. The Hall–Kier alpha value is -1.66. The summed E-state index contributed by atoms with van der Waals surface area (Å²) in [5.74, 6) is -0.501. The molecule has 1 saturated carbocycles. The second-order valence-electron chi connectivity index (χ2n) is 5.82. The molecule has 1 heterocycles. The van der Waals surface area contributed by atoms with E-state index in [2.05, 4.69) is 0 Å². The van der Waals surface area contributed by atoms with Gasteiger partial charge in [0.05, 0.1) is 25.9 Å². The molecule has 1 amide bonds. The number of halogens is 1. The first-order valence-electron chi connectivity index (χ1n) is 8.03. The molecule has 23 heavy (non-hydrogen) atoms. The van der Waals surface area contributed by atoms with Gasteiger partial charge in [0.15, 0.2) is 11.6 Å². The Morgan fingerprint density at radius 2 is 2.26 bits per heavy atom. The normalized spacial score (nSPS) is 26.9. The fourth-order valence-corrected chi connectivity index (χ4v) is 3.52. The highest BCUT2D eigenvalue weighted by Crippen LogP contribution is 2.33. The second kappa shape index (κ2) is 6.84. The Kier molecular flexibility index (Phi) is 4.82. The van der Waals surface area contributed by atoms with Gasteiger partial charge in [0, 0.05) is 18.7 Å². The van der Waals surface area contributed by atoms with Gasteiger partial charge in [-0.3, -0.25) is 4.79 Å². The number of amides is 1. The molecule has 5 nitrogen and oxygen atoms in total. The van der Waals surface area contributed by atoms with Crippen LogP contribution in [0.3, 0.4) is 0 Å². The van der Waals surface area contributed by atoms with Gasteiger partial charge in [-0.1, -0.05) is 0 Å². The maximum absolute atomic E-state index is 13.5. The van der Waals surface area contributed by atoms with Gasteiger partial charge in [-0.15, -0.1) is 0 Å². The number of nitrogens with zero attached hydrogens (tertiary/aromatic N) is 1. The van der Waals surface area contributed by atoms with Gasteiger partial charge in [0.1, 0.15) is 6.10 Å². The summed E-state index contributed by atoms with van der Waals surface area (Å²) in [6, 6.07) is 4.24. The summed E-state index contributed by atoms with van der Waals surface area (Å²) in [4.78, 5) is 14.7. The summed E-state index contributed by atoms with van der Waals surface area (Å²) in [6.45, 7) is 3.64. The van der Waals surface area contributed by atoms with Crippen LogP contribution in [0.1, 0.15) is 30.1 Å². The van der Waals surface area contributed by atoms with E-state index in [1.807, 2.05) is 11.8 Å². The average Bonchev–Trinajstić information content (AvgIpc) is 2.98. The van der Waals surface area contributed by atoms with E-state index in [0.717, 1.165) is 12.8 Å². The van der Waals surface area contributed by atoms with E-state index in [9.17, 15) is 9.18 Å². The molecule has 126 valence electrons. The first kappa shape index (κ1) is 16.2. The molecule has 6 heteroatoms. The first-order chi connectivity index (χ1) is 11.2. The maximum Gasteiger partial charge on any atom is 0.254 e. The van der Waals surface area contributed by atoms with Crippen molar-refractivity contribution in [3.8, 4) is 5.75 Å². The van der Waals surface area contributed by atoms with Gasteiger partial charge in [0.25, 0.3) is 5.91 Å². The zero-order valence-corrected chi connectivity index (χ0v) is 13.5. The highest BCUT2D eigenvalue weighted by atomic mass is 19.1. The predicted octanol–water partition coefficient (Wildman–Crippen LogP) is 2.24. The molecule has 0 bridgehead atoms. The Morgan fingerprint density at radius 3 is 3.00 bits per heavy atom. The molecule has 3 rings (SSSR count). The van der Waals surface area contributed by atoms with Gasteiger partial charge >= 0.3 is 0 Å². The van der Waals surface area contributed by atoms with E-state index in [-0.39, 0.29) is 29.9 Å². The Labute approximate surface area is 135 Å². The van der Waals surface area contributed by atoms with Crippen LogP contribution in [-0.4, -0.2) is 55.9 Å². The number of morpholine rings is 1. The maximum atomic E-state index is 13.5. The Balaban J connectivity index is 1.79. The Bertz CT molecular complexity index is 580. The van der Waals surface area contributed by atoms with E-state index in [1.54, 1.807) is 0 Å². The summed E-state index contributed by atoms with van der Waals surface area (Å²) in [6.07, 6.45) is 1.72. The van der Waals surface area contributed by atoms with Crippen LogP contribution < -0.4 is 4.74 Å². The smallest absolute Gasteiger partial charge is 0.254 e. The topological polar surface area (TPSA) is 48.0 Å². The number of methoxy groups -OCH3 is 1.